The second-order valence-corrected chi connectivity index (χ2v) is 8.18. The van der Waals surface area contributed by atoms with E-state index in [2.05, 4.69) is 41.4 Å². The molecule has 0 aliphatic heterocycles. The molecule has 9 heteroatoms. The third-order valence-electron chi connectivity index (χ3n) is 4.20. The van der Waals surface area contributed by atoms with E-state index in [1.54, 1.807) is 6.07 Å². The Kier molecular flexibility index (Phi) is 5.27. The predicted molar refractivity (Wildman–Crippen MR) is 112 cm³/mol. The third-order valence-corrected chi connectivity index (χ3v) is 5.91. The molecule has 0 fully saturated rings. The molecule has 0 saturated carbocycles. The van der Waals surface area contributed by atoms with Crippen LogP contribution in [0.5, 0.6) is 0 Å². The van der Waals surface area contributed by atoms with Gasteiger partial charge in [0.25, 0.3) is 0 Å². The molecule has 2 heterocycles. The highest BCUT2D eigenvalue weighted by Gasteiger charge is 2.21. The summed E-state index contributed by atoms with van der Waals surface area (Å²) in [5.41, 5.74) is 2.37. The zero-order valence-corrected chi connectivity index (χ0v) is 17.1. The Hall–Kier alpha value is -2.52. The van der Waals surface area contributed by atoms with Crippen LogP contribution in [-0.4, -0.2) is 31.3 Å². The van der Waals surface area contributed by atoms with Crippen LogP contribution in [0.4, 0.5) is 10.1 Å². The molecule has 0 bridgehead atoms. The summed E-state index contributed by atoms with van der Waals surface area (Å²) in [7, 11) is 0. The molecule has 0 saturated heterocycles. The highest BCUT2D eigenvalue weighted by molar-refractivity contribution is 9.10. The van der Waals surface area contributed by atoms with Gasteiger partial charge in [-0.25, -0.2) is 9.37 Å². The Morgan fingerprint density at radius 2 is 2.11 bits per heavy atom. The maximum Gasteiger partial charge on any atom is 0.238 e. The quantitative estimate of drug-likeness (QED) is 0.414. The minimum Gasteiger partial charge on any atom is -0.338 e. The highest BCUT2D eigenvalue weighted by atomic mass is 79.9. The van der Waals surface area contributed by atoms with E-state index in [1.165, 1.54) is 23.9 Å². The summed E-state index contributed by atoms with van der Waals surface area (Å²) < 4.78 is 14.6. The summed E-state index contributed by atoms with van der Waals surface area (Å²) in [6, 6.07) is 12.2. The first-order chi connectivity index (χ1) is 13.5. The molecule has 0 spiro atoms. The number of H-pyrrole nitrogens is 1. The first-order valence-corrected chi connectivity index (χ1v) is 10.3. The topological polar surface area (TPSA) is 83.6 Å². The number of para-hydroxylation sites is 1. The van der Waals surface area contributed by atoms with Gasteiger partial charge in [0.2, 0.25) is 11.1 Å². The van der Waals surface area contributed by atoms with Gasteiger partial charge in [-0.15, -0.1) is 10.2 Å². The van der Waals surface area contributed by atoms with Crippen LogP contribution in [0.25, 0.3) is 22.1 Å². The van der Waals surface area contributed by atoms with E-state index in [1.807, 2.05) is 31.2 Å². The van der Waals surface area contributed by atoms with Crippen LogP contribution in [0.3, 0.4) is 0 Å². The molecule has 28 heavy (non-hydrogen) atoms. The molecule has 0 radical (unpaired) electrons. The molecule has 2 aromatic heterocycles. The summed E-state index contributed by atoms with van der Waals surface area (Å²) in [6.07, 6.45) is 0.531. The van der Waals surface area contributed by atoms with Crippen molar-refractivity contribution in [2.45, 2.75) is 23.8 Å². The zero-order valence-electron chi connectivity index (χ0n) is 14.7. The maximum atomic E-state index is 14.0. The van der Waals surface area contributed by atoms with Gasteiger partial charge in [0.1, 0.15) is 11.3 Å². The van der Waals surface area contributed by atoms with Crippen LogP contribution in [0.1, 0.15) is 13.3 Å². The van der Waals surface area contributed by atoms with Gasteiger partial charge in [-0.2, -0.15) is 0 Å². The Morgan fingerprint density at radius 1 is 1.29 bits per heavy atom. The van der Waals surface area contributed by atoms with Crippen LogP contribution >= 0.6 is 27.7 Å². The van der Waals surface area contributed by atoms with E-state index in [-0.39, 0.29) is 11.6 Å². The number of aromatic amines is 1. The van der Waals surface area contributed by atoms with Crippen molar-refractivity contribution in [1.29, 1.82) is 0 Å². The molecule has 4 aromatic rings. The summed E-state index contributed by atoms with van der Waals surface area (Å²) in [6.45, 7) is 1.88. The van der Waals surface area contributed by atoms with Gasteiger partial charge in [-0.05, 0) is 30.7 Å². The zero-order chi connectivity index (χ0) is 19.7. The molecule has 4 rings (SSSR count). The number of aromatic nitrogens is 4. The number of nitrogens with one attached hydrogen (secondary N) is 2. The number of rotatable bonds is 5. The van der Waals surface area contributed by atoms with Crippen LogP contribution in [0, 0.1) is 5.82 Å². The Bertz CT molecular complexity index is 1180. The minimum absolute atomic E-state index is 0.136. The summed E-state index contributed by atoms with van der Waals surface area (Å²) in [5.74, 6) is -0.811. The molecule has 6 nitrogen and oxygen atoms in total. The van der Waals surface area contributed by atoms with Gasteiger partial charge in [0.05, 0.1) is 10.9 Å². The van der Waals surface area contributed by atoms with Crippen molar-refractivity contribution in [1.82, 2.24) is 20.2 Å². The molecule has 1 unspecified atom stereocenters. The van der Waals surface area contributed by atoms with Crippen LogP contribution in [-0.2, 0) is 4.79 Å². The lowest BCUT2D eigenvalue weighted by atomic mass is 10.2. The number of fused-ring (bicyclic) bond motifs is 3. The smallest absolute Gasteiger partial charge is 0.238 e. The van der Waals surface area contributed by atoms with Gasteiger partial charge in [0.15, 0.2) is 5.65 Å². The average molecular weight is 460 g/mol. The van der Waals surface area contributed by atoms with E-state index >= 15 is 0 Å². The molecule has 2 N–H and O–H groups in total. The first kappa shape index (κ1) is 18.8. The fourth-order valence-electron chi connectivity index (χ4n) is 2.81. The highest BCUT2D eigenvalue weighted by Crippen LogP contribution is 2.27. The lowest BCUT2D eigenvalue weighted by Gasteiger charge is -2.14. The summed E-state index contributed by atoms with van der Waals surface area (Å²) in [4.78, 5) is 20.3. The summed E-state index contributed by atoms with van der Waals surface area (Å²) in [5, 5.41) is 11.9. The number of anilines is 1. The van der Waals surface area contributed by atoms with E-state index in [9.17, 15) is 9.18 Å². The van der Waals surface area contributed by atoms with Gasteiger partial charge in [-0.1, -0.05) is 52.8 Å². The van der Waals surface area contributed by atoms with E-state index < -0.39 is 11.1 Å². The molecule has 142 valence electrons. The summed E-state index contributed by atoms with van der Waals surface area (Å²) >= 11 is 4.40. The monoisotopic (exact) mass is 459 g/mol. The maximum absolute atomic E-state index is 14.0. The van der Waals surface area contributed by atoms with Crippen molar-refractivity contribution in [2.24, 2.45) is 0 Å². The van der Waals surface area contributed by atoms with E-state index in [0.29, 0.717) is 27.2 Å². The normalized spacial score (nSPS) is 12.4. The standard InChI is InChI=1S/C19H15BrFN5OS/c1-2-15(18(27)23-14-8-7-10(20)9-12(14)21)28-19-24-17-16(25-26-19)11-5-3-4-6-13(11)22-17/h3-9,15H,2H2,1H3,(H,23,27)(H,22,24,26). The fourth-order valence-corrected chi connectivity index (χ4v) is 3.96. The average Bonchev–Trinajstić information content (AvgIpc) is 3.06. The van der Waals surface area contributed by atoms with Crippen molar-refractivity contribution in [3.63, 3.8) is 0 Å². The number of amides is 1. The van der Waals surface area contributed by atoms with Gasteiger partial charge >= 0.3 is 0 Å². The van der Waals surface area contributed by atoms with E-state index in [4.69, 9.17) is 0 Å². The van der Waals surface area contributed by atoms with Gasteiger partial charge in [-0.3, -0.25) is 4.79 Å². The number of benzene rings is 2. The van der Waals surface area contributed by atoms with Gasteiger partial charge in [0, 0.05) is 15.4 Å². The number of hydrogen-bond acceptors (Lipinski definition) is 5. The van der Waals surface area contributed by atoms with Crippen molar-refractivity contribution in [3.05, 3.63) is 52.8 Å². The number of nitrogens with zero attached hydrogens (tertiary/aromatic N) is 3. The molecule has 1 atom stereocenters. The van der Waals surface area contributed by atoms with Crippen molar-refractivity contribution >= 4 is 61.4 Å². The SMILES string of the molecule is CCC(Sc1nnc2c(n1)[nH]c1ccccc12)C(=O)Nc1ccc(Br)cc1F. The second kappa shape index (κ2) is 7.84. The van der Waals surface area contributed by atoms with Crippen LogP contribution in [0.15, 0.2) is 52.1 Å². The number of thioether (sulfide) groups is 1. The molecular weight excluding hydrogens is 445 g/mol. The van der Waals surface area contributed by atoms with Crippen molar-refractivity contribution in [2.75, 3.05) is 5.32 Å². The first-order valence-electron chi connectivity index (χ1n) is 8.59. The third kappa shape index (κ3) is 3.72. The lowest BCUT2D eigenvalue weighted by molar-refractivity contribution is -0.115. The molecule has 2 aromatic carbocycles. The lowest BCUT2D eigenvalue weighted by Crippen LogP contribution is -2.25. The number of hydrogen-bond donors (Lipinski definition) is 2. The minimum atomic E-state index is -0.500. The van der Waals surface area contributed by atoms with Crippen LogP contribution < -0.4 is 5.32 Å². The molecule has 0 aliphatic rings. The Labute approximate surface area is 172 Å². The predicted octanol–water partition coefficient (Wildman–Crippen LogP) is 4.92. The number of carbonyl (C=O) groups excluding carboxylic acids is 1. The number of halogens is 2. The van der Waals surface area contributed by atoms with Gasteiger partial charge < -0.3 is 10.3 Å². The fraction of sp³-hybridized carbons (Fsp3) is 0.158. The Balaban J connectivity index is 1.55. The Morgan fingerprint density at radius 3 is 2.89 bits per heavy atom. The number of carbonyl (C=O) groups is 1. The van der Waals surface area contributed by atoms with E-state index in [0.717, 1.165) is 10.9 Å². The second-order valence-electron chi connectivity index (χ2n) is 6.09. The molecule has 0 aliphatic carbocycles. The van der Waals surface area contributed by atoms with Crippen molar-refractivity contribution < 1.29 is 9.18 Å². The van der Waals surface area contributed by atoms with Crippen molar-refractivity contribution in [3.8, 4) is 0 Å². The molecule has 1 amide bonds. The largest absolute Gasteiger partial charge is 0.338 e. The van der Waals surface area contributed by atoms with Crippen LogP contribution in [0.2, 0.25) is 0 Å². The molecular formula is C19H15BrFN5OS.